The largest absolute Gasteiger partial charge is 1.00 e. The first-order valence-electron chi connectivity index (χ1n) is 17.0. The Morgan fingerprint density at radius 3 is 1.26 bits per heavy atom. The standard InChI is InChI=1S/C21H22N2O2S.C14H13NO3S.C7H9N.CN.B.Na/c1-22-26(24,25)21-10-6-5-9-20(21)19-13-11-18(12-14-19)16-23-15-17-7-3-2-4-8-17;1-15-19(17,18)14-5-3-2-4-13(14)12-8-6-11(10-16)7-9-12;8-6-7-4-2-1-3-5-7;1-2;;/h2-14,22-23H,15-16H2,1H3;2-10,15H,1H3;1-5H,6,8H2;;;/q;;;-1;;+1. The molecule has 0 aliphatic heterocycles. The smallest absolute Gasteiger partial charge is 0.512 e. The molecule has 6 aromatic carbocycles. The number of carbonyl (C=O) groups is 1. The van der Waals surface area contributed by atoms with Crippen molar-refractivity contribution in [3.8, 4) is 22.3 Å². The zero-order chi connectivity index (χ0) is 40.1. The van der Waals surface area contributed by atoms with Gasteiger partial charge in [0.25, 0.3) is 0 Å². The molecule has 0 aliphatic rings. The van der Waals surface area contributed by atoms with E-state index in [2.05, 4.69) is 26.9 Å². The van der Waals surface area contributed by atoms with Crippen LogP contribution in [0.4, 0.5) is 0 Å². The van der Waals surface area contributed by atoms with Crippen molar-refractivity contribution in [1.29, 1.82) is 5.26 Å². The number of rotatable bonds is 12. The summed E-state index contributed by atoms with van der Waals surface area (Å²) >= 11 is 0. The molecule has 0 bridgehead atoms. The van der Waals surface area contributed by atoms with Crippen LogP contribution in [-0.4, -0.2) is 45.6 Å². The van der Waals surface area contributed by atoms with Gasteiger partial charge in [-0.1, -0.05) is 146 Å². The summed E-state index contributed by atoms with van der Waals surface area (Å²) in [5.41, 5.74) is 12.4. The summed E-state index contributed by atoms with van der Waals surface area (Å²) in [5.74, 6) is 0. The molecular weight excluding hydrogens is 764 g/mol. The summed E-state index contributed by atoms with van der Waals surface area (Å²) in [6.45, 7) is 6.96. The van der Waals surface area contributed by atoms with Crippen molar-refractivity contribution in [2.24, 2.45) is 5.73 Å². The van der Waals surface area contributed by atoms with Gasteiger partial charge in [0, 0.05) is 44.7 Å². The van der Waals surface area contributed by atoms with Gasteiger partial charge in [-0.3, -0.25) is 4.79 Å². The van der Waals surface area contributed by atoms with Gasteiger partial charge in [-0.2, -0.15) is 0 Å². The Bertz CT molecular complexity index is 2320. The van der Waals surface area contributed by atoms with Gasteiger partial charge >= 0.3 is 29.6 Å². The Morgan fingerprint density at radius 2 is 0.895 bits per heavy atom. The van der Waals surface area contributed by atoms with Crippen molar-refractivity contribution in [2.75, 3.05) is 14.1 Å². The molecule has 0 amide bonds. The minimum absolute atomic E-state index is 0. The fraction of sp³-hybridized carbons (Fsp3) is 0.116. The fourth-order valence-corrected chi connectivity index (χ4v) is 7.11. The van der Waals surface area contributed by atoms with Crippen molar-refractivity contribution in [3.63, 3.8) is 0 Å². The van der Waals surface area contributed by atoms with Gasteiger partial charge in [0.15, 0.2) is 0 Å². The van der Waals surface area contributed by atoms with Gasteiger partial charge < -0.3 is 22.9 Å². The molecule has 0 heterocycles. The van der Waals surface area contributed by atoms with Gasteiger partial charge in [-0.15, -0.1) is 0 Å². The van der Waals surface area contributed by atoms with Gasteiger partial charge in [-0.05, 0) is 54.0 Å². The number of sulfonamides is 2. The molecule has 0 aliphatic carbocycles. The second-order valence-electron chi connectivity index (χ2n) is 11.6. The molecule has 14 heteroatoms. The third-order valence-electron chi connectivity index (χ3n) is 8.09. The van der Waals surface area contributed by atoms with Gasteiger partial charge in [0.2, 0.25) is 20.0 Å². The maximum Gasteiger partial charge on any atom is 1.00 e. The molecule has 0 unspecified atom stereocenters. The summed E-state index contributed by atoms with van der Waals surface area (Å²) in [7, 11) is -4.21. The average molecular weight is 809 g/mol. The molecule has 6 rings (SSSR count). The van der Waals surface area contributed by atoms with Gasteiger partial charge in [0.1, 0.15) is 6.29 Å². The summed E-state index contributed by atoms with van der Waals surface area (Å²) in [6, 6.07) is 48.8. The molecule has 0 saturated carbocycles. The maximum atomic E-state index is 12.2. The van der Waals surface area contributed by atoms with E-state index in [1.54, 1.807) is 60.7 Å². The first-order valence-corrected chi connectivity index (χ1v) is 20.0. The van der Waals surface area contributed by atoms with Crippen molar-refractivity contribution >= 4 is 34.7 Å². The predicted octanol–water partition coefficient (Wildman–Crippen LogP) is 3.49. The topological polar surface area (TPSA) is 171 Å². The summed E-state index contributed by atoms with van der Waals surface area (Å²) in [4.78, 5) is 11.1. The number of nitrogens with two attached hydrogens (primary N) is 1. The molecule has 0 fully saturated rings. The molecule has 57 heavy (non-hydrogen) atoms. The third kappa shape index (κ3) is 15.6. The number of hydrogen-bond acceptors (Lipinski definition) is 8. The SMILES string of the molecule is CNS(=O)(=O)c1ccccc1-c1ccc(C=O)cc1.CNS(=O)(=O)c1ccccc1-c1ccc(CNCc2ccccc2)cc1.NCc1ccccc1.[B].[C-]#N.[Na+]. The van der Waals surface area contributed by atoms with Crippen LogP contribution in [0.5, 0.6) is 0 Å². The van der Waals surface area contributed by atoms with Crippen LogP contribution >= 0.6 is 0 Å². The Hall–Kier alpha value is -4.72. The zero-order valence-corrected chi connectivity index (χ0v) is 35.8. The van der Waals surface area contributed by atoms with Crippen molar-refractivity contribution in [2.45, 2.75) is 29.4 Å². The number of nitrogens with one attached hydrogen (secondary N) is 3. The molecule has 6 aromatic rings. The van der Waals surface area contributed by atoms with Crippen LogP contribution in [0.15, 0.2) is 168 Å². The molecule has 0 atom stereocenters. The van der Waals surface area contributed by atoms with E-state index in [1.807, 2.05) is 84.9 Å². The quantitative estimate of drug-likeness (QED) is 0.0828. The van der Waals surface area contributed by atoms with Gasteiger partial charge in [-0.25, -0.2) is 26.3 Å². The predicted molar refractivity (Wildman–Crippen MR) is 224 cm³/mol. The van der Waals surface area contributed by atoms with E-state index in [1.165, 1.54) is 25.2 Å². The number of aldehydes is 1. The summed E-state index contributed by atoms with van der Waals surface area (Å²) in [6.07, 6.45) is 0.750. The molecule has 10 nitrogen and oxygen atoms in total. The number of hydrogen-bond donors (Lipinski definition) is 4. The molecule has 5 N–H and O–H groups in total. The van der Waals surface area contributed by atoms with Crippen LogP contribution in [0.1, 0.15) is 27.0 Å². The van der Waals surface area contributed by atoms with Crippen molar-refractivity contribution < 1.29 is 51.2 Å². The summed E-state index contributed by atoms with van der Waals surface area (Å²) in [5, 5.41) is 9.67. The Kier molecular flexibility index (Phi) is 23.2. The second kappa shape index (κ2) is 26.3. The van der Waals surface area contributed by atoms with E-state index in [9.17, 15) is 21.6 Å². The van der Waals surface area contributed by atoms with E-state index in [0.717, 1.165) is 36.1 Å². The monoisotopic (exact) mass is 808 g/mol. The van der Waals surface area contributed by atoms with Gasteiger partial charge in [0.05, 0.1) is 9.79 Å². The van der Waals surface area contributed by atoms with Crippen LogP contribution in [0.25, 0.3) is 22.3 Å². The first kappa shape index (κ1) is 50.3. The Labute approximate surface area is 361 Å². The number of nitrogens with zero attached hydrogens (tertiary/aromatic N) is 1. The molecule has 0 saturated heterocycles. The van der Waals surface area contributed by atoms with Crippen LogP contribution in [0, 0.1) is 11.8 Å². The van der Waals surface area contributed by atoms with E-state index in [0.29, 0.717) is 23.2 Å². The Morgan fingerprint density at radius 1 is 0.544 bits per heavy atom. The van der Waals surface area contributed by atoms with E-state index < -0.39 is 20.0 Å². The normalized spacial score (nSPS) is 10.3. The molecule has 0 aromatic heterocycles. The fourth-order valence-electron chi connectivity index (χ4n) is 5.20. The average Bonchev–Trinajstić information content (AvgIpc) is 3.26. The van der Waals surface area contributed by atoms with Crippen LogP contribution < -0.4 is 50.1 Å². The van der Waals surface area contributed by atoms with E-state index in [4.69, 9.17) is 17.6 Å². The first-order chi connectivity index (χ1) is 26.6. The Balaban J connectivity index is 0.000000459. The van der Waals surface area contributed by atoms with Crippen molar-refractivity contribution in [3.05, 3.63) is 187 Å². The van der Waals surface area contributed by atoms with E-state index in [-0.39, 0.29) is 47.8 Å². The van der Waals surface area contributed by atoms with Crippen LogP contribution in [0.2, 0.25) is 0 Å². The number of carbonyl (C=O) groups excluding carboxylic acids is 1. The van der Waals surface area contributed by atoms with Crippen molar-refractivity contribution in [1.82, 2.24) is 14.8 Å². The number of benzene rings is 6. The maximum absolute atomic E-state index is 12.2. The second-order valence-corrected chi connectivity index (χ2v) is 15.3. The zero-order valence-electron chi connectivity index (χ0n) is 32.2. The summed E-state index contributed by atoms with van der Waals surface area (Å²) < 4.78 is 53.0. The van der Waals surface area contributed by atoms with Crippen LogP contribution in [-0.2, 0) is 39.7 Å². The van der Waals surface area contributed by atoms with E-state index >= 15 is 0 Å². The third-order valence-corrected chi connectivity index (χ3v) is 11.0. The molecule has 287 valence electrons. The molecule has 0 spiro atoms. The molecular formula is C43H44BN5NaO5S2. The minimum atomic E-state index is -3.51. The minimum Gasteiger partial charge on any atom is -0.512 e. The molecule has 3 radical (unpaired) electrons. The van der Waals surface area contributed by atoms with Crippen LogP contribution in [0.3, 0.4) is 0 Å².